The van der Waals surface area contributed by atoms with Gasteiger partial charge in [0.15, 0.2) is 0 Å². The molecule has 0 radical (unpaired) electrons. The minimum absolute atomic E-state index is 0.0209. The number of nitrogens with zero attached hydrogens (tertiary/aromatic N) is 1. The number of hydrogen-bond acceptors (Lipinski definition) is 5. The lowest BCUT2D eigenvalue weighted by atomic mass is 9.97. The van der Waals surface area contributed by atoms with Crippen molar-refractivity contribution in [3.05, 3.63) is 0 Å². The molecule has 0 aromatic carbocycles. The molecule has 0 aromatic rings. The third kappa shape index (κ3) is 4.74. The number of ether oxygens (including phenoxy) is 2. The van der Waals surface area contributed by atoms with Crippen LogP contribution in [0.2, 0.25) is 0 Å². The standard InChI is InChI=1S/C12H23NO5S/c1-10-6-7-13(9-11(10)17-2)19(15,16)8-4-5-12(14)18-3/h10-11H,4-9H2,1-3H3. The molecule has 0 spiro atoms. The molecule has 6 nitrogen and oxygen atoms in total. The smallest absolute Gasteiger partial charge is 0.305 e. The van der Waals surface area contributed by atoms with Crippen molar-refractivity contribution in [1.82, 2.24) is 4.31 Å². The van der Waals surface area contributed by atoms with Crippen molar-refractivity contribution >= 4 is 16.0 Å². The van der Waals surface area contributed by atoms with Crippen LogP contribution in [0.4, 0.5) is 0 Å². The highest BCUT2D eigenvalue weighted by Gasteiger charge is 2.32. The molecular formula is C12H23NO5S. The summed E-state index contributed by atoms with van der Waals surface area (Å²) in [4.78, 5) is 11.0. The normalized spacial score (nSPS) is 25.2. The molecule has 7 heteroatoms. The summed E-state index contributed by atoms with van der Waals surface area (Å²) in [5.41, 5.74) is 0. The Morgan fingerprint density at radius 2 is 2.05 bits per heavy atom. The maximum Gasteiger partial charge on any atom is 0.305 e. The fourth-order valence-corrected chi connectivity index (χ4v) is 3.72. The molecule has 1 heterocycles. The van der Waals surface area contributed by atoms with E-state index in [-0.39, 0.29) is 24.2 Å². The van der Waals surface area contributed by atoms with Gasteiger partial charge in [-0.15, -0.1) is 0 Å². The highest BCUT2D eigenvalue weighted by molar-refractivity contribution is 7.89. The van der Waals surface area contributed by atoms with Gasteiger partial charge in [0.05, 0.1) is 19.0 Å². The van der Waals surface area contributed by atoms with E-state index in [1.165, 1.54) is 11.4 Å². The highest BCUT2D eigenvalue weighted by Crippen LogP contribution is 2.22. The number of carbonyl (C=O) groups excluding carboxylic acids is 1. The van der Waals surface area contributed by atoms with Crippen LogP contribution >= 0.6 is 0 Å². The van der Waals surface area contributed by atoms with Crippen LogP contribution in [0.15, 0.2) is 0 Å². The van der Waals surface area contributed by atoms with E-state index in [1.54, 1.807) is 7.11 Å². The number of piperidine rings is 1. The van der Waals surface area contributed by atoms with E-state index in [0.717, 1.165) is 6.42 Å². The van der Waals surface area contributed by atoms with Crippen LogP contribution in [0.5, 0.6) is 0 Å². The lowest BCUT2D eigenvalue weighted by Gasteiger charge is -2.35. The first-order valence-corrected chi connectivity index (χ1v) is 8.09. The van der Waals surface area contributed by atoms with Gasteiger partial charge in [0.1, 0.15) is 0 Å². The molecule has 0 amide bonds. The van der Waals surface area contributed by atoms with Crippen molar-refractivity contribution in [3.63, 3.8) is 0 Å². The van der Waals surface area contributed by atoms with Crippen LogP contribution in [0.1, 0.15) is 26.2 Å². The van der Waals surface area contributed by atoms with Crippen molar-refractivity contribution in [2.75, 3.05) is 33.1 Å². The van der Waals surface area contributed by atoms with Crippen molar-refractivity contribution in [2.24, 2.45) is 5.92 Å². The molecule has 2 atom stereocenters. The summed E-state index contributed by atoms with van der Waals surface area (Å²) in [6, 6.07) is 0. The summed E-state index contributed by atoms with van der Waals surface area (Å²) >= 11 is 0. The van der Waals surface area contributed by atoms with Gasteiger partial charge in [-0.2, -0.15) is 4.31 Å². The lowest BCUT2D eigenvalue weighted by Crippen LogP contribution is -2.47. The molecule has 0 bridgehead atoms. The quantitative estimate of drug-likeness (QED) is 0.672. The van der Waals surface area contributed by atoms with E-state index >= 15 is 0 Å². The van der Waals surface area contributed by atoms with Gasteiger partial charge in [0.2, 0.25) is 10.0 Å². The van der Waals surface area contributed by atoms with E-state index < -0.39 is 10.0 Å². The van der Waals surface area contributed by atoms with Crippen LogP contribution in [0.3, 0.4) is 0 Å². The van der Waals surface area contributed by atoms with Crippen LogP contribution in [-0.4, -0.2) is 57.9 Å². The summed E-state index contributed by atoms with van der Waals surface area (Å²) in [5.74, 6) is -0.0313. The molecule has 112 valence electrons. The monoisotopic (exact) mass is 293 g/mol. The Morgan fingerprint density at radius 1 is 1.37 bits per heavy atom. The van der Waals surface area contributed by atoms with E-state index in [4.69, 9.17) is 4.74 Å². The topological polar surface area (TPSA) is 72.9 Å². The molecule has 1 rings (SSSR count). The molecule has 19 heavy (non-hydrogen) atoms. The fourth-order valence-electron chi connectivity index (χ4n) is 2.20. The zero-order chi connectivity index (χ0) is 14.5. The van der Waals surface area contributed by atoms with Gasteiger partial charge in [-0.25, -0.2) is 8.42 Å². The number of esters is 1. The van der Waals surface area contributed by atoms with Crippen LogP contribution in [-0.2, 0) is 24.3 Å². The molecule has 0 N–H and O–H groups in total. The van der Waals surface area contributed by atoms with Gasteiger partial charge in [0.25, 0.3) is 0 Å². The van der Waals surface area contributed by atoms with E-state index in [9.17, 15) is 13.2 Å². The average Bonchev–Trinajstić information content (AvgIpc) is 2.38. The first-order valence-electron chi connectivity index (χ1n) is 6.48. The average molecular weight is 293 g/mol. The Bertz CT molecular complexity index is 395. The van der Waals surface area contributed by atoms with Crippen molar-refractivity contribution in [2.45, 2.75) is 32.3 Å². The molecular weight excluding hydrogens is 270 g/mol. The molecule has 2 unspecified atom stereocenters. The second-order valence-electron chi connectivity index (χ2n) is 4.89. The summed E-state index contributed by atoms with van der Waals surface area (Å²) in [6.45, 7) is 3.00. The number of sulfonamides is 1. The van der Waals surface area contributed by atoms with Gasteiger partial charge in [-0.05, 0) is 18.8 Å². The minimum Gasteiger partial charge on any atom is -0.469 e. The Morgan fingerprint density at radius 3 is 2.63 bits per heavy atom. The summed E-state index contributed by atoms with van der Waals surface area (Å²) in [6.07, 6.45) is 1.17. The maximum absolute atomic E-state index is 12.1. The van der Waals surface area contributed by atoms with Crippen molar-refractivity contribution in [3.8, 4) is 0 Å². The van der Waals surface area contributed by atoms with Crippen LogP contribution < -0.4 is 0 Å². The van der Waals surface area contributed by atoms with Gasteiger partial charge in [-0.1, -0.05) is 6.92 Å². The number of rotatable bonds is 6. The molecule has 1 aliphatic rings. The summed E-state index contributed by atoms with van der Waals surface area (Å²) in [5, 5.41) is 0. The Labute approximate surface area is 115 Å². The van der Waals surface area contributed by atoms with Crippen molar-refractivity contribution in [1.29, 1.82) is 0 Å². The molecule has 0 aliphatic carbocycles. The predicted octanol–water partition coefficient (Wildman–Crippen LogP) is 0.626. The highest BCUT2D eigenvalue weighted by atomic mass is 32.2. The first-order chi connectivity index (χ1) is 8.90. The van der Waals surface area contributed by atoms with E-state index in [1.807, 2.05) is 0 Å². The largest absolute Gasteiger partial charge is 0.469 e. The first kappa shape index (κ1) is 16.4. The molecule has 1 saturated heterocycles. The molecule has 1 aliphatic heterocycles. The lowest BCUT2D eigenvalue weighted by molar-refractivity contribution is -0.140. The summed E-state index contributed by atoms with van der Waals surface area (Å²) < 4.78 is 35.6. The third-order valence-corrected chi connectivity index (χ3v) is 5.48. The van der Waals surface area contributed by atoms with E-state index in [0.29, 0.717) is 25.4 Å². The maximum atomic E-state index is 12.1. The molecule has 1 fully saturated rings. The Balaban J connectivity index is 2.50. The Kier molecular flexibility index (Phi) is 6.22. The number of carbonyl (C=O) groups is 1. The number of methoxy groups -OCH3 is 2. The molecule has 0 aromatic heterocycles. The fraction of sp³-hybridized carbons (Fsp3) is 0.917. The van der Waals surface area contributed by atoms with Gasteiger partial charge in [-0.3, -0.25) is 4.79 Å². The second-order valence-corrected chi connectivity index (χ2v) is 6.98. The van der Waals surface area contributed by atoms with Gasteiger partial charge in [0, 0.05) is 26.6 Å². The van der Waals surface area contributed by atoms with E-state index in [2.05, 4.69) is 11.7 Å². The van der Waals surface area contributed by atoms with Crippen LogP contribution in [0.25, 0.3) is 0 Å². The SMILES string of the molecule is COC(=O)CCCS(=O)(=O)N1CCC(C)C(OC)C1. The van der Waals surface area contributed by atoms with Crippen molar-refractivity contribution < 1.29 is 22.7 Å². The zero-order valence-corrected chi connectivity index (χ0v) is 12.6. The second kappa shape index (κ2) is 7.21. The Hall–Kier alpha value is -0.660. The van der Waals surface area contributed by atoms with Gasteiger partial charge >= 0.3 is 5.97 Å². The van der Waals surface area contributed by atoms with Crippen LogP contribution in [0, 0.1) is 5.92 Å². The zero-order valence-electron chi connectivity index (χ0n) is 11.8. The molecule has 0 saturated carbocycles. The third-order valence-electron chi connectivity index (χ3n) is 3.56. The number of hydrogen-bond donors (Lipinski definition) is 0. The summed E-state index contributed by atoms with van der Waals surface area (Å²) in [7, 11) is -0.405. The predicted molar refractivity (Wildman–Crippen MR) is 71.2 cm³/mol. The van der Waals surface area contributed by atoms with Gasteiger partial charge < -0.3 is 9.47 Å². The minimum atomic E-state index is -3.31.